The number of nitrogens with zero attached hydrogens (tertiary/aromatic N) is 1. The second-order valence-corrected chi connectivity index (χ2v) is 12.6. The van der Waals surface area contributed by atoms with Crippen molar-refractivity contribution < 1.29 is 14.4 Å². The largest absolute Gasteiger partial charge is 0.369 e. The molecule has 2 aliphatic rings. The fraction of sp³-hybridized carbons (Fsp3) is 0.545. The Bertz CT molecular complexity index is 1210. The van der Waals surface area contributed by atoms with Crippen LogP contribution in [0.25, 0.3) is 11.1 Å². The minimum absolute atomic E-state index is 0.0745. The number of rotatable bonds is 12. The van der Waals surface area contributed by atoms with Gasteiger partial charge < -0.3 is 16.0 Å². The summed E-state index contributed by atoms with van der Waals surface area (Å²) in [6, 6.07) is 12.8. The molecule has 1 aliphatic carbocycles. The van der Waals surface area contributed by atoms with Crippen molar-refractivity contribution in [2.45, 2.75) is 90.1 Å². The quantitative estimate of drug-likeness (QED) is 0.271. The second-order valence-electron chi connectivity index (χ2n) is 11.8. The van der Waals surface area contributed by atoms with Gasteiger partial charge >= 0.3 is 0 Å². The number of benzene rings is 2. The molecule has 0 radical (unpaired) electrons. The molecule has 2 fully saturated rings. The molecule has 2 aromatic carbocycles. The number of hydrogen-bond donors (Lipinski definition) is 2. The number of nitrogens with two attached hydrogens (primary N) is 1. The third-order valence-electron chi connectivity index (χ3n) is 8.76. The fourth-order valence-electron chi connectivity index (χ4n) is 6.48. The number of halogens is 2. The van der Waals surface area contributed by atoms with E-state index >= 15 is 0 Å². The van der Waals surface area contributed by atoms with Gasteiger partial charge in [0.05, 0.1) is 0 Å². The minimum Gasteiger partial charge on any atom is -0.369 e. The van der Waals surface area contributed by atoms with Crippen molar-refractivity contribution in [3.8, 4) is 11.1 Å². The van der Waals surface area contributed by atoms with Crippen molar-refractivity contribution in [3.63, 3.8) is 0 Å². The van der Waals surface area contributed by atoms with E-state index in [1.54, 1.807) is 6.07 Å². The van der Waals surface area contributed by atoms with Gasteiger partial charge in [0.2, 0.25) is 17.7 Å². The number of unbranched alkanes of at least 4 members (excludes halogenated alkanes) is 1. The molecule has 0 bridgehead atoms. The molecule has 2 aromatic rings. The zero-order valence-corrected chi connectivity index (χ0v) is 25.6. The Morgan fingerprint density at radius 2 is 1.78 bits per heavy atom. The summed E-state index contributed by atoms with van der Waals surface area (Å²) in [7, 11) is 0. The van der Waals surface area contributed by atoms with Gasteiger partial charge in [0, 0.05) is 40.5 Å². The van der Waals surface area contributed by atoms with E-state index in [4.69, 9.17) is 28.9 Å². The molecule has 3 amide bonds. The summed E-state index contributed by atoms with van der Waals surface area (Å²) in [6.07, 6.45) is 9.84. The maximum Gasteiger partial charge on any atom is 0.245 e. The average molecular weight is 601 g/mol. The summed E-state index contributed by atoms with van der Waals surface area (Å²) in [5, 5.41) is 4.24. The number of nitrogens with one attached hydrogen (secondary N) is 1. The van der Waals surface area contributed by atoms with E-state index in [0.717, 1.165) is 68.1 Å². The minimum atomic E-state index is -0.607. The monoisotopic (exact) mass is 599 g/mol. The van der Waals surface area contributed by atoms with Crippen molar-refractivity contribution in [1.82, 2.24) is 10.2 Å². The van der Waals surface area contributed by atoms with Crippen LogP contribution in [-0.2, 0) is 20.9 Å². The van der Waals surface area contributed by atoms with Crippen LogP contribution in [0.2, 0.25) is 10.0 Å². The van der Waals surface area contributed by atoms with Crippen LogP contribution in [0, 0.1) is 17.8 Å². The highest BCUT2D eigenvalue weighted by Gasteiger charge is 2.37. The summed E-state index contributed by atoms with van der Waals surface area (Å²) in [4.78, 5) is 41.9. The number of amides is 3. The molecular formula is C33H43Cl2N3O3. The summed E-state index contributed by atoms with van der Waals surface area (Å²) in [6.45, 7) is 3.14. The summed E-state index contributed by atoms with van der Waals surface area (Å²) in [5.74, 6) is -1.25. The molecule has 0 aromatic heterocycles. The van der Waals surface area contributed by atoms with Crippen molar-refractivity contribution in [2.75, 3.05) is 6.54 Å². The topological polar surface area (TPSA) is 92.5 Å². The molecule has 222 valence electrons. The van der Waals surface area contributed by atoms with Crippen LogP contribution in [0.1, 0.15) is 83.1 Å². The number of carbonyl (C=O) groups is 3. The first-order chi connectivity index (χ1) is 19.8. The van der Waals surface area contributed by atoms with Gasteiger partial charge in [-0.25, -0.2) is 0 Å². The Labute approximate surface area is 254 Å². The lowest BCUT2D eigenvalue weighted by Gasteiger charge is -2.30. The van der Waals surface area contributed by atoms with Crippen LogP contribution in [0.15, 0.2) is 42.5 Å². The molecular weight excluding hydrogens is 557 g/mol. The van der Waals surface area contributed by atoms with E-state index in [1.807, 2.05) is 41.3 Å². The number of likely N-dealkylation sites (tertiary alicyclic amines) is 1. The standard InChI is InChI=1S/C33H43Cl2N3O3/c1-2-3-13-27(31(36)39)28(19-22-9-4-5-10-22)32(40)37-30-14-6-7-17-38(33(30)41)21-23-11-8-12-24(18-23)26-16-15-25(34)20-29(26)35/h8,11-12,15-16,18,20,22,27-28,30H,2-7,9-10,13-14,17,19,21H2,1H3,(H2,36,39)(H,37,40)/t27-,28+,30-/m0/s1. The van der Waals surface area contributed by atoms with Crippen LogP contribution in [0.5, 0.6) is 0 Å². The highest BCUT2D eigenvalue weighted by Crippen LogP contribution is 2.35. The second kappa shape index (κ2) is 15.1. The lowest BCUT2D eigenvalue weighted by atomic mass is 9.80. The van der Waals surface area contributed by atoms with E-state index in [2.05, 4.69) is 12.2 Å². The van der Waals surface area contributed by atoms with Gasteiger partial charge in [0.1, 0.15) is 6.04 Å². The molecule has 1 saturated heterocycles. The molecule has 1 heterocycles. The highest BCUT2D eigenvalue weighted by atomic mass is 35.5. The van der Waals surface area contributed by atoms with E-state index in [9.17, 15) is 14.4 Å². The third kappa shape index (κ3) is 8.48. The smallest absolute Gasteiger partial charge is 0.245 e. The first-order valence-electron chi connectivity index (χ1n) is 15.2. The zero-order chi connectivity index (χ0) is 29.4. The zero-order valence-electron chi connectivity index (χ0n) is 24.0. The Kier molecular flexibility index (Phi) is 11.5. The van der Waals surface area contributed by atoms with Gasteiger partial charge in [-0.2, -0.15) is 0 Å². The number of hydrogen-bond acceptors (Lipinski definition) is 3. The molecule has 4 rings (SSSR count). The maximum atomic E-state index is 13.8. The maximum absolute atomic E-state index is 13.8. The van der Waals surface area contributed by atoms with Crippen LogP contribution in [-0.4, -0.2) is 35.2 Å². The Morgan fingerprint density at radius 1 is 1.02 bits per heavy atom. The Balaban J connectivity index is 1.49. The molecule has 41 heavy (non-hydrogen) atoms. The van der Waals surface area contributed by atoms with Crippen LogP contribution < -0.4 is 11.1 Å². The van der Waals surface area contributed by atoms with Gasteiger partial charge in [0.25, 0.3) is 0 Å². The molecule has 3 N–H and O–H groups in total. The molecule has 8 heteroatoms. The Hall–Kier alpha value is -2.57. The van der Waals surface area contributed by atoms with Crippen molar-refractivity contribution in [2.24, 2.45) is 23.5 Å². The Morgan fingerprint density at radius 3 is 2.49 bits per heavy atom. The van der Waals surface area contributed by atoms with E-state index in [-0.39, 0.29) is 11.8 Å². The van der Waals surface area contributed by atoms with Gasteiger partial charge in [-0.15, -0.1) is 0 Å². The summed E-state index contributed by atoms with van der Waals surface area (Å²) < 4.78 is 0. The normalized spacial score (nSPS) is 19.5. The SMILES string of the molecule is CCCC[C@H](C(N)=O)[C@@H](CC1CCCC1)C(=O)N[C@H]1CCCCN(Cc2cccc(-c3ccc(Cl)cc3Cl)c2)C1=O. The van der Waals surface area contributed by atoms with Gasteiger partial charge in [-0.3, -0.25) is 14.4 Å². The first-order valence-corrected chi connectivity index (χ1v) is 15.9. The number of primary amides is 1. The van der Waals surface area contributed by atoms with E-state index < -0.39 is 23.8 Å². The molecule has 3 atom stereocenters. The predicted octanol–water partition coefficient (Wildman–Crippen LogP) is 7.15. The van der Waals surface area contributed by atoms with E-state index in [0.29, 0.717) is 48.3 Å². The lowest BCUT2D eigenvalue weighted by molar-refractivity contribution is -0.139. The van der Waals surface area contributed by atoms with Crippen LogP contribution >= 0.6 is 23.2 Å². The highest BCUT2D eigenvalue weighted by molar-refractivity contribution is 6.36. The first kappa shape index (κ1) is 31.4. The predicted molar refractivity (Wildman–Crippen MR) is 165 cm³/mol. The lowest BCUT2D eigenvalue weighted by Crippen LogP contribution is -2.50. The molecule has 1 aliphatic heterocycles. The van der Waals surface area contributed by atoms with Gasteiger partial charge in [-0.05, 0) is 67.3 Å². The van der Waals surface area contributed by atoms with Crippen molar-refractivity contribution in [3.05, 3.63) is 58.1 Å². The van der Waals surface area contributed by atoms with Gasteiger partial charge in [-0.1, -0.05) is 92.9 Å². The molecule has 6 nitrogen and oxygen atoms in total. The van der Waals surface area contributed by atoms with Crippen molar-refractivity contribution in [1.29, 1.82) is 0 Å². The average Bonchev–Trinajstić information content (AvgIpc) is 3.40. The molecule has 0 spiro atoms. The van der Waals surface area contributed by atoms with Gasteiger partial charge in [0.15, 0.2) is 0 Å². The summed E-state index contributed by atoms with van der Waals surface area (Å²) >= 11 is 12.5. The van der Waals surface area contributed by atoms with Crippen molar-refractivity contribution >= 4 is 40.9 Å². The summed E-state index contributed by atoms with van der Waals surface area (Å²) in [5.41, 5.74) is 8.67. The molecule has 1 saturated carbocycles. The van der Waals surface area contributed by atoms with Crippen LogP contribution in [0.4, 0.5) is 0 Å². The third-order valence-corrected chi connectivity index (χ3v) is 9.31. The van der Waals surface area contributed by atoms with Crippen LogP contribution in [0.3, 0.4) is 0 Å². The number of carbonyl (C=O) groups excluding carboxylic acids is 3. The van der Waals surface area contributed by atoms with E-state index in [1.165, 1.54) is 0 Å². The fourth-order valence-corrected chi connectivity index (χ4v) is 7.00. The molecule has 0 unspecified atom stereocenters.